The minimum Gasteiger partial charge on any atom is -0.504 e. The molecule has 0 radical (unpaired) electrons. The second-order valence-corrected chi connectivity index (χ2v) is 3.21. The van der Waals surface area contributed by atoms with Crippen molar-refractivity contribution in [3.63, 3.8) is 0 Å². The molecular formula is C10H13NO5. The van der Waals surface area contributed by atoms with Crippen LogP contribution in [0.1, 0.15) is 22.0 Å². The molecule has 6 nitrogen and oxygen atoms in total. The number of benzene rings is 1. The number of phenolic OH excluding ortho intramolecular Hbond substituents is 1. The van der Waals surface area contributed by atoms with Gasteiger partial charge < -0.3 is 25.8 Å². The molecule has 16 heavy (non-hydrogen) atoms. The number of carboxylic acid groups (broad SMARTS) is 1. The Balaban J connectivity index is 3.35. The van der Waals surface area contributed by atoms with E-state index in [4.69, 9.17) is 20.7 Å². The highest BCUT2D eigenvalue weighted by Gasteiger charge is 2.18. The summed E-state index contributed by atoms with van der Waals surface area (Å²) in [6, 6.07) is 1.54. The summed E-state index contributed by atoms with van der Waals surface area (Å²) in [5, 5.41) is 27.4. The van der Waals surface area contributed by atoms with Gasteiger partial charge in [0.2, 0.25) is 0 Å². The first kappa shape index (κ1) is 12.3. The first-order chi connectivity index (χ1) is 7.51. The zero-order chi connectivity index (χ0) is 12.3. The second-order valence-electron chi connectivity index (χ2n) is 3.21. The van der Waals surface area contributed by atoms with Crippen molar-refractivity contribution < 1.29 is 24.9 Å². The molecule has 0 saturated carbocycles. The maximum Gasteiger partial charge on any atom is 0.335 e. The largest absolute Gasteiger partial charge is 0.504 e. The SMILES string of the molecule is COc1cc(C(=O)O)cc(C(N)CO)c1O. The summed E-state index contributed by atoms with van der Waals surface area (Å²) in [5.41, 5.74) is 5.61. The molecule has 1 aromatic carbocycles. The fraction of sp³-hybridized carbons (Fsp3) is 0.300. The van der Waals surface area contributed by atoms with Gasteiger partial charge in [0.15, 0.2) is 11.5 Å². The number of hydrogen-bond acceptors (Lipinski definition) is 5. The van der Waals surface area contributed by atoms with Crippen LogP contribution in [0.3, 0.4) is 0 Å². The highest BCUT2D eigenvalue weighted by Crippen LogP contribution is 2.34. The molecule has 1 unspecified atom stereocenters. The van der Waals surface area contributed by atoms with Gasteiger partial charge in [0.25, 0.3) is 0 Å². The minimum atomic E-state index is -1.16. The lowest BCUT2D eigenvalue weighted by molar-refractivity contribution is 0.0696. The molecule has 0 aliphatic carbocycles. The minimum absolute atomic E-state index is 0.0128. The predicted molar refractivity (Wildman–Crippen MR) is 55.6 cm³/mol. The van der Waals surface area contributed by atoms with Gasteiger partial charge in [-0.3, -0.25) is 0 Å². The van der Waals surface area contributed by atoms with Crippen LogP contribution in [0, 0.1) is 0 Å². The summed E-state index contributed by atoms with van der Waals surface area (Å²) in [4.78, 5) is 10.8. The average Bonchev–Trinajstić information content (AvgIpc) is 2.28. The molecule has 1 atom stereocenters. The van der Waals surface area contributed by atoms with Crippen LogP contribution >= 0.6 is 0 Å². The van der Waals surface area contributed by atoms with Gasteiger partial charge in [0, 0.05) is 5.56 Å². The van der Waals surface area contributed by atoms with E-state index in [1.807, 2.05) is 0 Å². The van der Waals surface area contributed by atoms with Crippen molar-refractivity contribution in [3.05, 3.63) is 23.3 Å². The molecule has 0 fully saturated rings. The van der Waals surface area contributed by atoms with E-state index in [2.05, 4.69) is 0 Å². The van der Waals surface area contributed by atoms with Crippen LogP contribution in [0.15, 0.2) is 12.1 Å². The molecule has 1 aromatic rings. The highest BCUT2D eigenvalue weighted by atomic mass is 16.5. The van der Waals surface area contributed by atoms with Gasteiger partial charge in [-0.15, -0.1) is 0 Å². The quantitative estimate of drug-likeness (QED) is 0.579. The van der Waals surface area contributed by atoms with E-state index >= 15 is 0 Å². The van der Waals surface area contributed by atoms with E-state index < -0.39 is 18.6 Å². The third-order valence-corrected chi connectivity index (χ3v) is 2.17. The first-order valence-electron chi connectivity index (χ1n) is 4.51. The maximum atomic E-state index is 10.8. The van der Waals surface area contributed by atoms with Crippen LogP contribution in [0.25, 0.3) is 0 Å². The summed E-state index contributed by atoms with van der Waals surface area (Å²) in [6.07, 6.45) is 0. The molecule has 0 aliphatic rings. The molecule has 88 valence electrons. The van der Waals surface area contributed by atoms with Gasteiger partial charge in [0.1, 0.15) is 0 Å². The van der Waals surface area contributed by atoms with Crippen molar-refractivity contribution in [1.82, 2.24) is 0 Å². The van der Waals surface area contributed by atoms with Gasteiger partial charge in [-0.2, -0.15) is 0 Å². The number of carboxylic acids is 1. The van der Waals surface area contributed by atoms with Gasteiger partial charge in [-0.05, 0) is 12.1 Å². The van der Waals surface area contributed by atoms with Crippen LogP contribution in [-0.4, -0.2) is 35.0 Å². The zero-order valence-electron chi connectivity index (χ0n) is 8.67. The summed E-state index contributed by atoms with van der Waals surface area (Å²) < 4.78 is 4.82. The van der Waals surface area contributed by atoms with Crippen molar-refractivity contribution >= 4 is 5.97 Å². The summed E-state index contributed by atoms with van der Waals surface area (Å²) in [6.45, 7) is -0.403. The standard InChI is InChI=1S/C10H13NO5/c1-16-8-3-5(10(14)15)2-6(9(8)13)7(11)4-12/h2-3,7,12-13H,4,11H2,1H3,(H,14,15). The molecule has 0 aliphatic heterocycles. The molecular weight excluding hydrogens is 214 g/mol. The molecule has 0 aromatic heterocycles. The van der Waals surface area contributed by atoms with E-state index in [9.17, 15) is 9.90 Å². The van der Waals surface area contributed by atoms with E-state index in [-0.39, 0.29) is 22.6 Å². The van der Waals surface area contributed by atoms with Crippen LogP contribution in [-0.2, 0) is 0 Å². The Kier molecular flexibility index (Phi) is 3.70. The van der Waals surface area contributed by atoms with Gasteiger partial charge in [-0.1, -0.05) is 0 Å². The fourth-order valence-corrected chi connectivity index (χ4v) is 1.29. The normalized spacial score (nSPS) is 12.2. The molecule has 0 spiro atoms. The van der Waals surface area contributed by atoms with E-state index in [0.717, 1.165) is 0 Å². The van der Waals surface area contributed by atoms with Crippen LogP contribution in [0.2, 0.25) is 0 Å². The first-order valence-corrected chi connectivity index (χ1v) is 4.51. The number of nitrogens with two attached hydrogens (primary N) is 1. The van der Waals surface area contributed by atoms with E-state index in [1.54, 1.807) is 0 Å². The number of carbonyl (C=O) groups is 1. The molecule has 0 heterocycles. The Hall–Kier alpha value is -1.79. The lowest BCUT2D eigenvalue weighted by atomic mass is 10.0. The predicted octanol–water partition coefficient (Wildman–Crippen LogP) is 0.0911. The van der Waals surface area contributed by atoms with Crippen molar-refractivity contribution in [2.75, 3.05) is 13.7 Å². The average molecular weight is 227 g/mol. The summed E-state index contributed by atoms with van der Waals surface area (Å²) >= 11 is 0. The van der Waals surface area contributed by atoms with Gasteiger partial charge in [-0.25, -0.2) is 4.79 Å². The molecule has 1 rings (SSSR count). The lowest BCUT2D eigenvalue weighted by Gasteiger charge is -2.14. The Morgan fingerprint density at radius 2 is 2.19 bits per heavy atom. The number of rotatable bonds is 4. The molecule has 0 bridgehead atoms. The van der Waals surface area contributed by atoms with Crippen LogP contribution in [0.4, 0.5) is 0 Å². The number of aromatic carboxylic acids is 1. The molecule has 5 N–H and O–H groups in total. The Labute approximate surface area is 91.9 Å². The second kappa shape index (κ2) is 4.82. The Morgan fingerprint density at radius 3 is 2.62 bits per heavy atom. The Morgan fingerprint density at radius 1 is 1.56 bits per heavy atom. The van der Waals surface area contributed by atoms with Gasteiger partial charge in [0.05, 0.1) is 25.3 Å². The zero-order valence-corrected chi connectivity index (χ0v) is 8.67. The van der Waals surface area contributed by atoms with Crippen molar-refractivity contribution in [2.45, 2.75) is 6.04 Å². The maximum absolute atomic E-state index is 10.8. The van der Waals surface area contributed by atoms with Crippen molar-refractivity contribution in [3.8, 4) is 11.5 Å². The van der Waals surface area contributed by atoms with Gasteiger partial charge >= 0.3 is 5.97 Å². The smallest absolute Gasteiger partial charge is 0.335 e. The fourth-order valence-electron chi connectivity index (χ4n) is 1.29. The van der Waals surface area contributed by atoms with Crippen molar-refractivity contribution in [1.29, 1.82) is 0 Å². The van der Waals surface area contributed by atoms with Crippen molar-refractivity contribution in [2.24, 2.45) is 5.73 Å². The number of aliphatic hydroxyl groups is 1. The third kappa shape index (κ3) is 2.23. The number of methoxy groups -OCH3 is 1. The number of aromatic hydroxyl groups is 1. The molecule has 0 saturated heterocycles. The Bertz CT molecular complexity index is 404. The van der Waals surface area contributed by atoms with E-state index in [1.165, 1.54) is 19.2 Å². The molecule has 0 amide bonds. The van der Waals surface area contributed by atoms with Crippen LogP contribution < -0.4 is 10.5 Å². The number of ether oxygens (including phenoxy) is 1. The van der Waals surface area contributed by atoms with Crippen LogP contribution in [0.5, 0.6) is 11.5 Å². The number of phenols is 1. The summed E-state index contributed by atoms with van der Waals surface area (Å²) in [7, 11) is 1.30. The highest BCUT2D eigenvalue weighted by molar-refractivity contribution is 5.89. The molecule has 6 heteroatoms. The monoisotopic (exact) mass is 227 g/mol. The topological polar surface area (TPSA) is 113 Å². The lowest BCUT2D eigenvalue weighted by Crippen LogP contribution is -2.15. The third-order valence-electron chi connectivity index (χ3n) is 2.17. The number of hydrogen-bond donors (Lipinski definition) is 4. The number of aliphatic hydroxyl groups excluding tert-OH is 1. The summed E-state index contributed by atoms with van der Waals surface area (Å²) in [5.74, 6) is -1.41. The van der Waals surface area contributed by atoms with E-state index in [0.29, 0.717) is 0 Å².